The topological polar surface area (TPSA) is 49.4 Å². The minimum absolute atomic E-state index is 0.0108. The van der Waals surface area contributed by atoms with Gasteiger partial charge in [0.25, 0.3) is 0 Å². The number of hydrogen-bond acceptors (Lipinski definition) is 3. The summed E-state index contributed by atoms with van der Waals surface area (Å²) in [6.45, 7) is 4.77. The summed E-state index contributed by atoms with van der Waals surface area (Å²) in [5.74, 6) is 0.189. The van der Waals surface area contributed by atoms with Gasteiger partial charge in [-0.15, -0.1) is 0 Å². The first-order valence-corrected chi connectivity index (χ1v) is 7.74. The third-order valence-electron chi connectivity index (χ3n) is 3.88. The monoisotopic (exact) mass is 288 g/mol. The number of Topliss-reactive ketones (excluding diaryl/α,β-unsaturated/α-hetero) is 1. The SMILES string of the molecule is CC(=O)NCCc1ccc(C(=O)CN2CCCCC2)cc1. The molecule has 0 aliphatic carbocycles. The number of carbonyl (C=O) groups excluding carboxylic acids is 2. The largest absolute Gasteiger partial charge is 0.356 e. The van der Waals surface area contributed by atoms with Gasteiger partial charge in [0.15, 0.2) is 5.78 Å². The molecule has 1 fully saturated rings. The second kappa shape index (κ2) is 7.93. The predicted octanol–water partition coefficient (Wildman–Crippen LogP) is 2.03. The van der Waals surface area contributed by atoms with E-state index in [4.69, 9.17) is 0 Å². The van der Waals surface area contributed by atoms with Crippen LogP contribution in [0.4, 0.5) is 0 Å². The molecule has 4 nitrogen and oxygen atoms in total. The second-order valence-corrected chi connectivity index (χ2v) is 5.69. The highest BCUT2D eigenvalue weighted by atomic mass is 16.1. The molecule has 1 amide bonds. The quantitative estimate of drug-likeness (QED) is 0.815. The molecule has 0 bridgehead atoms. The molecule has 1 saturated heterocycles. The normalized spacial score (nSPS) is 15.7. The average Bonchev–Trinajstić information content (AvgIpc) is 2.48. The fraction of sp³-hybridized carbons (Fsp3) is 0.529. The zero-order chi connectivity index (χ0) is 15.1. The molecule has 4 heteroatoms. The lowest BCUT2D eigenvalue weighted by Gasteiger charge is -2.25. The highest BCUT2D eigenvalue weighted by Crippen LogP contribution is 2.11. The number of rotatable bonds is 6. The lowest BCUT2D eigenvalue weighted by molar-refractivity contribution is -0.118. The Morgan fingerprint density at radius 3 is 2.38 bits per heavy atom. The molecule has 1 aromatic carbocycles. The fourth-order valence-corrected chi connectivity index (χ4v) is 2.65. The molecule has 1 aliphatic heterocycles. The van der Waals surface area contributed by atoms with Crippen LogP contribution in [-0.4, -0.2) is 42.8 Å². The van der Waals surface area contributed by atoms with Gasteiger partial charge in [-0.05, 0) is 37.9 Å². The maximum Gasteiger partial charge on any atom is 0.216 e. The van der Waals surface area contributed by atoms with E-state index in [0.717, 1.165) is 30.6 Å². The van der Waals surface area contributed by atoms with Gasteiger partial charge in [-0.25, -0.2) is 0 Å². The maximum atomic E-state index is 12.2. The van der Waals surface area contributed by atoms with Gasteiger partial charge in [-0.1, -0.05) is 30.7 Å². The summed E-state index contributed by atoms with van der Waals surface area (Å²) in [7, 11) is 0. The minimum Gasteiger partial charge on any atom is -0.356 e. The lowest BCUT2D eigenvalue weighted by Crippen LogP contribution is -2.34. The van der Waals surface area contributed by atoms with E-state index in [2.05, 4.69) is 10.2 Å². The Kier molecular flexibility index (Phi) is 5.93. The Balaban J connectivity index is 1.82. The van der Waals surface area contributed by atoms with Crippen LogP contribution >= 0.6 is 0 Å². The van der Waals surface area contributed by atoms with Gasteiger partial charge < -0.3 is 5.32 Å². The van der Waals surface area contributed by atoms with E-state index in [-0.39, 0.29) is 11.7 Å². The third-order valence-corrected chi connectivity index (χ3v) is 3.88. The second-order valence-electron chi connectivity index (χ2n) is 5.69. The number of nitrogens with zero attached hydrogens (tertiary/aromatic N) is 1. The summed E-state index contributed by atoms with van der Waals surface area (Å²) < 4.78 is 0. The Morgan fingerprint density at radius 2 is 1.76 bits per heavy atom. The number of piperidine rings is 1. The first-order chi connectivity index (χ1) is 10.1. The van der Waals surface area contributed by atoms with E-state index in [1.807, 2.05) is 24.3 Å². The average molecular weight is 288 g/mol. The number of hydrogen-bond donors (Lipinski definition) is 1. The number of nitrogens with one attached hydrogen (secondary N) is 1. The van der Waals surface area contributed by atoms with E-state index in [0.29, 0.717) is 13.1 Å². The molecule has 114 valence electrons. The Labute approximate surface area is 126 Å². The standard InChI is InChI=1S/C17H24N2O2/c1-14(20)18-10-9-15-5-7-16(8-6-15)17(21)13-19-11-3-2-4-12-19/h5-8H,2-4,9-13H2,1H3,(H,18,20). The summed E-state index contributed by atoms with van der Waals surface area (Å²) in [4.78, 5) is 25.3. The van der Waals surface area contributed by atoms with Crippen molar-refractivity contribution in [3.05, 3.63) is 35.4 Å². The highest BCUT2D eigenvalue weighted by molar-refractivity contribution is 5.97. The van der Waals surface area contributed by atoms with Gasteiger partial charge >= 0.3 is 0 Å². The maximum absolute atomic E-state index is 12.2. The Bertz CT molecular complexity index is 476. The van der Waals surface area contributed by atoms with Crippen LogP contribution in [-0.2, 0) is 11.2 Å². The van der Waals surface area contributed by atoms with Gasteiger partial charge in [-0.3, -0.25) is 14.5 Å². The van der Waals surface area contributed by atoms with Crippen LogP contribution in [0.15, 0.2) is 24.3 Å². The van der Waals surface area contributed by atoms with Crippen molar-refractivity contribution in [2.24, 2.45) is 0 Å². The van der Waals surface area contributed by atoms with Gasteiger partial charge in [0.2, 0.25) is 5.91 Å². The molecule has 0 saturated carbocycles. The van der Waals surface area contributed by atoms with E-state index in [9.17, 15) is 9.59 Å². The molecule has 0 spiro atoms. The Hall–Kier alpha value is -1.68. The number of carbonyl (C=O) groups is 2. The summed E-state index contributed by atoms with van der Waals surface area (Å²) in [6, 6.07) is 7.75. The lowest BCUT2D eigenvalue weighted by atomic mass is 10.0. The Morgan fingerprint density at radius 1 is 1.10 bits per heavy atom. The molecule has 21 heavy (non-hydrogen) atoms. The van der Waals surface area contributed by atoms with Crippen molar-refractivity contribution in [2.45, 2.75) is 32.6 Å². The van der Waals surface area contributed by atoms with E-state index < -0.39 is 0 Å². The van der Waals surface area contributed by atoms with E-state index in [1.54, 1.807) is 0 Å². The van der Waals surface area contributed by atoms with Crippen molar-refractivity contribution in [1.29, 1.82) is 0 Å². The molecular weight excluding hydrogens is 264 g/mol. The van der Waals surface area contributed by atoms with Crippen LogP contribution in [0.25, 0.3) is 0 Å². The van der Waals surface area contributed by atoms with Crippen molar-refractivity contribution in [3.8, 4) is 0 Å². The summed E-state index contributed by atoms with van der Waals surface area (Å²) in [6.07, 6.45) is 4.48. The molecule has 0 atom stereocenters. The van der Waals surface area contributed by atoms with Crippen molar-refractivity contribution >= 4 is 11.7 Å². The van der Waals surface area contributed by atoms with E-state index >= 15 is 0 Å². The molecule has 0 aromatic heterocycles. The molecule has 1 aliphatic rings. The van der Waals surface area contributed by atoms with Crippen molar-refractivity contribution in [3.63, 3.8) is 0 Å². The van der Waals surface area contributed by atoms with Crippen molar-refractivity contribution < 1.29 is 9.59 Å². The molecule has 1 N–H and O–H groups in total. The highest BCUT2D eigenvalue weighted by Gasteiger charge is 2.14. The summed E-state index contributed by atoms with van der Waals surface area (Å²) in [5.41, 5.74) is 1.92. The van der Waals surface area contributed by atoms with Gasteiger partial charge in [0, 0.05) is 19.0 Å². The molecule has 2 rings (SSSR count). The molecule has 1 aromatic rings. The fourth-order valence-electron chi connectivity index (χ4n) is 2.65. The third kappa shape index (κ3) is 5.31. The molecule has 0 unspecified atom stereocenters. The van der Waals surface area contributed by atoms with Crippen LogP contribution < -0.4 is 5.32 Å². The van der Waals surface area contributed by atoms with E-state index in [1.165, 1.54) is 26.2 Å². The summed E-state index contributed by atoms with van der Waals surface area (Å²) >= 11 is 0. The molecular formula is C17H24N2O2. The van der Waals surface area contributed by atoms with Crippen LogP contribution in [0.2, 0.25) is 0 Å². The van der Waals surface area contributed by atoms with Gasteiger partial charge in [0.1, 0.15) is 0 Å². The van der Waals surface area contributed by atoms with Crippen LogP contribution in [0, 0.1) is 0 Å². The van der Waals surface area contributed by atoms with Crippen LogP contribution in [0.5, 0.6) is 0 Å². The first-order valence-electron chi connectivity index (χ1n) is 7.74. The number of benzene rings is 1. The smallest absolute Gasteiger partial charge is 0.216 e. The zero-order valence-corrected chi connectivity index (χ0v) is 12.7. The number of ketones is 1. The zero-order valence-electron chi connectivity index (χ0n) is 12.7. The van der Waals surface area contributed by atoms with Crippen molar-refractivity contribution in [1.82, 2.24) is 10.2 Å². The van der Waals surface area contributed by atoms with Gasteiger partial charge in [-0.2, -0.15) is 0 Å². The summed E-state index contributed by atoms with van der Waals surface area (Å²) in [5, 5.41) is 2.77. The predicted molar refractivity (Wildman–Crippen MR) is 83.5 cm³/mol. The molecule has 1 heterocycles. The minimum atomic E-state index is -0.0108. The molecule has 0 radical (unpaired) electrons. The van der Waals surface area contributed by atoms with Crippen molar-refractivity contribution in [2.75, 3.05) is 26.2 Å². The van der Waals surface area contributed by atoms with Gasteiger partial charge in [0.05, 0.1) is 6.54 Å². The number of likely N-dealkylation sites (tertiary alicyclic amines) is 1. The van der Waals surface area contributed by atoms with Crippen LogP contribution in [0.1, 0.15) is 42.1 Å². The number of amides is 1. The first kappa shape index (κ1) is 15.7. The van der Waals surface area contributed by atoms with Crippen LogP contribution in [0.3, 0.4) is 0 Å².